The van der Waals surface area contributed by atoms with Crippen molar-refractivity contribution in [2.75, 3.05) is 6.54 Å². The van der Waals surface area contributed by atoms with Gasteiger partial charge in [0.15, 0.2) is 5.78 Å². The van der Waals surface area contributed by atoms with E-state index in [4.69, 9.17) is 0 Å². The Hall–Kier alpha value is -0.620. The molecule has 1 N–H and O–H groups in total. The summed E-state index contributed by atoms with van der Waals surface area (Å²) in [7, 11) is 0. The molecule has 0 bridgehead atoms. The number of hydrogen-bond acceptors (Lipinski definition) is 3. The molecule has 106 valence electrons. The predicted molar refractivity (Wildman–Crippen MR) is 61.0 cm³/mol. The lowest BCUT2D eigenvalue weighted by molar-refractivity contribution is -0.344. The highest BCUT2D eigenvalue weighted by molar-refractivity contribution is 5.89. The van der Waals surface area contributed by atoms with Gasteiger partial charge in [-0.2, -0.15) is 0 Å². The molecule has 1 heterocycles. The Bertz CT molecular complexity index is 309. The summed E-state index contributed by atoms with van der Waals surface area (Å²) >= 11 is 0. The van der Waals surface area contributed by atoms with Crippen molar-refractivity contribution in [3.63, 3.8) is 0 Å². The lowest BCUT2D eigenvalue weighted by Crippen LogP contribution is -2.54. The maximum Gasteiger partial charge on any atom is 0.522 e. The van der Waals surface area contributed by atoms with Crippen LogP contribution in [0.3, 0.4) is 0 Å². The maximum absolute atomic E-state index is 12.1. The van der Waals surface area contributed by atoms with E-state index >= 15 is 0 Å². The summed E-state index contributed by atoms with van der Waals surface area (Å²) < 4.78 is 40.3. The summed E-state index contributed by atoms with van der Waals surface area (Å²) in [4.78, 5) is 12.1. The van der Waals surface area contributed by atoms with Crippen LogP contribution >= 0.6 is 0 Å². The maximum atomic E-state index is 12.1. The van der Waals surface area contributed by atoms with E-state index in [1.54, 1.807) is 6.92 Å². The molecule has 0 spiro atoms. The van der Waals surface area contributed by atoms with Crippen LogP contribution < -0.4 is 5.32 Å². The van der Waals surface area contributed by atoms with Gasteiger partial charge in [-0.15, -0.1) is 13.2 Å². The second-order valence-electron chi connectivity index (χ2n) is 5.90. The molecular weight excluding hydrogens is 247 g/mol. The smallest absolute Gasteiger partial charge is 0.305 e. The van der Waals surface area contributed by atoms with Gasteiger partial charge in [-0.25, -0.2) is 0 Å². The minimum absolute atomic E-state index is 0.0282. The number of ketones is 1. The molecule has 3 atom stereocenters. The van der Waals surface area contributed by atoms with E-state index in [1.807, 2.05) is 20.8 Å². The van der Waals surface area contributed by atoms with Crippen LogP contribution in [0.25, 0.3) is 0 Å². The number of carbonyl (C=O) groups is 1. The van der Waals surface area contributed by atoms with Crippen LogP contribution in [0.1, 0.15) is 34.1 Å². The van der Waals surface area contributed by atoms with Crippen LogP contribution in [-0.2, 0) is 9.53 Å². The van der Waals surface area contributed by atoms with E-state index in [2.05, 4.69) is 10.1 Å². The van der Waals surface area contributed by atoms with Crippen molar-refractivity contribution in [3.05, 3.63) is 0 Å². The van der Waals surface area contributed by atoms with Gasteiger partial charge >= 0.3 is 6.36 Å². The number of rotatable bonds is 2. The van der Waals surface area contributed by atoms with Gasteiger partial charge in [0.2, 0.25) is 0 Å². The van der Waals surface area contributed by atoms with Crippen molar-refractivity contribution in [2.45, 2.75) is 52.6 Å². The fourth-order valence-electron chi connectivity index (χ4n) is 2.19. The second-order valence-corrected chi connectivity index (χ2v) is 5.90. The first-order chi connectivity index (χ1) is 8.00. The van der Waals surface area contributed by atoms with Gasteiger partial charge in [-0.05, 0) is 12.3 Å². The molecule has 0 aliphatic carbocycles. The lowest BCUT2D eigenvalue weighted by atomic mass is 9.79. The van der Waals surface area contributed by atoms with Gasteiger partial charge in [0.1, 0.15) is 0 Å². The Balaban J connectivity index is 2.60. The zero-order valence-electron chi connectivity index (χ0n) is 11.1. The van der Waals surface area contributed by atoms with Gasteiger partial charge in [0.25, 0.3) is 0 Å². The summed E-state index contributed by atoms with van der Waals surface area (Å²) in [5.41, 5.74) is -0.496. The van der Waals surface area contributed by atoms with Crippen LogP contribution in [0.2, 0.25) is 0 Å². The van der Waals surface area contributed by atoms with E-state index in [0.29, 0.717) is 0 Å². The molecule has 0 aromatic heterocycles. The molecule has 0 amide bonds. The molecule has 1 aliphatic heterocycles. The van der Waals surface area contributed by atoms with Crippen molar-refractivity contribution < 1.29 is 22.7 Å². The molecule has 0 radical (unpaired) electrons. The number of halogens is 3. The van der Waals surface area contributed by atoms with Gasteiger partial charge in [0, 0.05) is 12.0 Å². The van der Waals surface area contributed by atoms with Crippen LogP contribution in [0.15, 0.2) is 0 Å². The van der Waals surface area contributed by atoms with Crippen molar-refractivity contribution in [3.8, 4) is 0 Å². The van der Waals surface area contributed by atoms with Gasteiger partial charge in [-0.1, -0.05) is 27.7 Å². The van der Waals surface area contributed by atoms with Gasteiger partial charge in [0.05, 0.1) is 12.1 Å². The number of hydrogen-bond donors (Lipinski definition) is 1. The Labute approximate surface area is 105 Å². The number of alkyl halides is 3. The molecular formula is C12H20F3NO2. The zero-order chi connectivity index (χ0) is 14.1. The van der Waals surface area contributed by atoms with Crippen molar-refractivity contribution in [1.82, 2.24) is 5.32 Å². The average molecular weight is 267 g/mol. The normalized spacial score (nSPS) is 30.3. The van der Waals surface area contributed by atoms with Gasteiger partial charge in [-0.3, -0.25) is 9.53 Å². The van der Waals surface area contributed by atoms with E-state index in [9.17, 15) is 18.0 Å². The average Bonchev–Trinajstić information content (AvgIpc) is 2.12. The van der Waals surface area contributed by atoms with E-state index in [-0.39, 0.29) is 24.7 Å². The van der Waals surface area contributed by atoms with E-state index in [0.717, 1.165) is 0 Å². The molecule has 6 heteroatoms. The highest BCUT2D eigenvalue weighted by Crippen LogP contribution is 2.28. The summed E-state index contributed by atoms with van der Waals surface area (Å²) in [6, 6.07) is -0.391. The molecule has 1 aliphatic rings. The fraction of sp³-hybridized carbons (Fsp3) is 0.917. The number of ether oxygens (including phenoxy) is 1. The van der Waals surface area contributed by atoms with Crippen molar-refractivity contribution in [1.29, 1.82) is 0 Å². The summed E-state index contributed by atoms with van der Waals surface area (Å²) in [5.74, 6) is -0.140. The third-order valence-electron chi connectivity index (χ3n) is 3.09. The monoisotopic (exact) mass is 267 g/mol. The second kappa shape index (κ2) is 5.17. The van der Waals surface area contributed by atoms with Crippen LogP contribution in [0.5, 0.6) is 0 Å². The summed E-state index contributed by atoms with van der Waals surface area (Å²) in [6.45, 7) is 7.25. The Kier molecular flexibility index (Phi) is 4.43. The van der Waals surface area contributed by atoms with Crippen LogP contribution in [0, 0.1) is 11.3 Å². The quantitative estimate of drug-likeness (QED) is 0.835. The molecule has 0 saturated carbocycles. The fourth-order valence-corrected chi connectivity index (χ4v) is 2.19. The summed E-state index contributed by atoms with van der Waals surface area (Å²) in [6.07, 6.45) is -5.30. The third kappa shape index (κ3) is 4.24. The predicted octanol–water partition coefficient (Wildman–Crippen LogP) is 2.50. The standard InChI is InChI=1S/C12H20F3NO2/c1-7-5-8(18-12(13,14)15)6-16-9(7)10(17)11(2,3)4/h7-9,16H,5-6H2,1-4H3. The van der Waals surface area contributed by atoms with Crippen LogP contribution in [-0.4, -0.2) is 30.8 Å². The first-order valence-corrected chi connectivity index (χ1v) is 6.03. The molecule has 3 unspecified atom stereocenters. The Morgan fingerprint density at radius 2 is 1.83 bits per heavy atom. The molecule has 1 saturated heterocycles. The first kappa shape index (κ1) is 15.4. The SMILES string of the molecule is CC1CC(OC(F)(F)F)CNC1C(=O)C(C)(C)C. The van der Waals surface area contributed by atoms with E-state index < -0.39 is 23.9 Å². The number of carbonyl (C=O) groups excluding carboxylic acids is 1. The third-order valence-corrected chi connectivity index (χ3v) is 3.09. The Morgan fingerprint density at radius 3 is 2.22 bits per heavy atom. The zero-order valence-corrected chi connectivity index (χ0v) is 11.1. The number of Topliss-reactive ketones (excluding diaryl/α,β-unsaturated/α-hetero) is 1. The largest absolute Gasteiger partial charge is 0.522 e. The van der Waals surface area contributed by atoms with E-state index in [1.165, 1.54) is 0 Å². The number of piperidine rings is 1. The molecule has 1 rings (SSSR count). The highest BCUT2D eigenvalue weighted by atomic mass is 19.4. The molecule has 1 fully saturated rings. The molecule has 0 aromatic carbocycles. The molecule has 0 aromatic rings. The Morgan fingerprint density at radius 1 is 1.28 bits per heavy atom. The van der Waals surface area contributed by atoms with Gasteiger partial charge < -0.3 is 5.32 Å². The number of nitrogens with one attached hydrogen (secondary N) is 1. The lowest BCUT2D eigenvalue weighted by Gasteiger charge is -2.37. The molecule has 3 nitrogen and oxygen atoms in total. The highest BCUT2D eigenvalue weighted by Gasteiger charge is 2.41. The topological polar surface area (TPSA) is 38.3 Å². The molecule has 18 heavy (non-hydrogen) atoms. The minimum Gasteiger partial charge on any atom is -0.305 e. The first-order valence-electron chi connectivity index (χ1n) is 6.03. The van der Waals surface area contributed by atoms with Crippen molar-refractivity contribution in [2.24, 2.45) is 11.3 Å². The summed E-state index contributed by atoms with van der Waals surface area (Å²) in [5, 5.41) is 2.87. The van der Waals surface area contributed by atoms with Crippen LogP contribution in [0.4, 0.5) is 13.2 Å². The van der Waals surface area contributed by atoms with Crippen molar-refractivity contribution >= 4 is 5.78 Å². The minimum atomic E-state index is -4.62.